The topological polar surface area (TPSA) is 26.3 Å². The summed E-state index contributed by atoms with van der Waals surface area (Å²) in [4.78, 5) is 11.1. The van der Waals surface area contributed by atoms with Crippen LogP contribution in [0.2, 0.25) is 0 Å². The molecule has 0 aromatic rings. The molecule has 0 aromatic heterocycles. The van der Waals surface area contributed by atoms with Crippen LogP contribution in [0.15, 0.2) is 0 Å². The number of ether oxygens (including phenoxy) is 1. The van der Waals surface area contributed by atoms with E-state index in [1.807, 2.05) is 13.8 Å². The Labute approximate surface area is 88.2 Å². The molecule has 1 saturated carbocycles. The molecule has 0 amide bonds. The second kappa shape index (κ2) is 2.35. The summed E-state index contributed by atoms with van der Waals surface area (Å²) in [6.45, 7) is 3.66. The molecule has 1 unspecified atom stereocenters. The van der Waals surface area contributed by atoms with Crippen molar-refractivity contribution in [2.45, 2.75) is 23.9 Å². The van der Waals surface area contributed by atoms with E-state index in [0.29, 0.717) is 0 Å². The highest BCUT2D eigenvalue weighted by atomic mass is 127. The zero-order valence-electron chi connectivity index (χ0n) is 7.18. The molecule has 2 aliphatic rings. The van der Waals surface area contributed by atoms with Gasteiger partial charge in [-0.05, 0) is 5.41 Å². The van der Waals surface area contributed by atoms with Crippen molar-refractivity contribution in [1.82, 2.24) is 0 Å². The third kappa shape index (κ3) is 1.19. The van der Waals surface area contributed by atoms with E-state index in [-0.39, 0.29) is 17.3 Å². The third-order valence-corrected chi connectivity index (χ3v) is 3.67. The van der Waals surface area contributed by atoms with E-state index < -0.39 is 16.0 Å². The number of carbonyl (C=O) groups excluding carboxylic acids is 1. The first-order valence-electron chi connectivity index (χ1n) is 4.03. The summed E-state index contributed by atoms with van der Waals surface area (Å²) >= 11 is 1.04. The Balaban J connectivity index is 2.24. The second-order valence-electron chi connectivity index (χ2n) is 4.22. The lowest BCUT2D eigenvalue weighted by molar-refractivity contribution is -0.155. The molecule has 2 rings (SSSR count). The van der Waals surface area contributed by atoms with Crippen LogP contribution in [0.25, 0.3) is 0 Å². The van der Waals surface area contributed by atoms with Crippen LogP contribution in [0, 0.1) is 17.3 Å². The standard InChI is InChI=1S/C8H9F2IO2/c1-7(2)3-4(7)6(12)13-5(3)8(9,10)11/h3-5H,1-2H3/t3-,4+,5?/m1/s1. The van der Waals surface area contributed by atoms with Crippen molar-refractivity contribution in [1.29, 1.82) is 0 Å². The van der Waals surface area contributed by atoms with Gasteiger partial charge in [0.2, 0.25) is 0 Å². The zero-order valence-corrected chi connectivity index (χ0v) is 9.34. The number of hydrogen-bond donors (Lipinski definition) is 0. The lowest BCUT2D eigenvalue weighted by Gasteiger charge is -2.21. The fourth-order valence-electron chi connectivity index (χ4n) is 2.24. The zero-order chi connectivity index (χ0) is 10.0. The normalized spacial score (nSPS) is 41.3. The Kier molecular flexibility index (Phi) is 1.74. The molecule has 1 heterocycles. The molecule has 1 saturated heterocycles. The first kappa shape index (κ1) is 9.61. The molecule has 5 heteroatoms. The van der Waals surface area contributed by atoms with Crippen LogP contribution in [0.1, 0.15) is 13.8 Å². The third-order valence-electron chi connectivity index (χ3n) is 3.06. The molecule has 1 aliphatic carbocycles. The summed E-state index contributed by atoms with van der Waals surface area (Å²) in [5.41, 5.74) is -0.297. The number of alkyl halides is 3. The van der Waals surface area contributed by atoms with E-state index in [0.717, 1.165) is 22.6 Å². The second-order valence-corrected chi connectivity index (χ2v) is 5.66. The highest BCUT2D eigenvalue weighted by Crippen LogP contribution is 2.67. The molecule has 2 nitrogen and oxygen atoms in total. The first-order chi connectivity index (χ1) is 5.76. The number of carbonyl (C=O) groups is 1. The number of fused-ring (bicyclic) bond motifs is 1. The molecule has 0 bridgehead atoms. The highest BCUT2D eigenvalue weighted by molar-refractivity contribution is 14.1. The molecule has 3 atom stereocenters. The van der Waals surface area contributed by atoms with Crippen molar-refractivity contribution < 1.29 is 18.3 Å². The molecule has 0 radical (unpaired) electrons. The number of esters is 1. The van der Waals surface area contributed by atoms with E-state index in [2.05, 4.69) is 4.74 Å². The molecule has 1 aliphatic heterocycles. The van der Waals surface area contributed by atoms with Crippen LogP contribution in [0.4, 0.5) is 8.78 Å². The van der Waals surface area contributed by atoms with Gasteiger partial charge in [0, 0.05) is 28.5 Å². The molecule has 0 aromatic carbocycles. The lowest BCUT2D eigenvalue weighted by Crippen LogP contribution is -2.33. The molecule has 0 N–H and O–H groups in total. The van der Waals surface area contributed by atoms with Crippen LogP contribution in [0.5, 0.6) is 0 Å². The maximum absolute atomic E-state index is 12.9. The van der Waals surface area contributed by atoms with Gasteiger partial charge in [-0.2, -0.15) is 8.78 Å². The van der Waals surface area contributed by atoms with Gasteiger partial charge < -0.3 is 4.74 Å². The Morgan fingerprint density at radius 2 is 2.08 bits per heavy atom. The van der Waals surface area contributed by atoms with Gasteiger partial charge in [-0.1, -0.05) is 13.8 Å². The van der Waals surface area contributed by atoms with E-state index in [1.54, 1.807) is 0 Å². The summed E-state index contributed by atoms with van der Waals surface area (Å²) < 4.78 is 27.5. The average molecular weight is 302 g/mol. The van der Waals surface area contributed by atoms with E-state index in [1.165, 1.54) is 0 Å². The molecule has 2 fully saturated rings. The largest absolute Gasteiger partial charge is 0.454 e. The Hall–Kier alpha value is 0.0600. The van der Waals surface area contributed by atoms with Gasteiger partial charge in [-0.3, -0.25) is 4.79 Å². The molecule has 0 spiro atoms. The molecular weight excluding hydrogens is 293 g/mol. The van der Waals surface area contributed by atoms with Gasteiger partial charge in [0.25, 0.3) is 0 Å². The van der Waals surface area contributed by atoms with Gasteiger partial charge in [0.15, 0.2) is 6.10 Å². The van der Waals surface area contributed by atoms with Crippen molar-refractivity contribution in [2.75, 3.05) is 0 Å². The fraction of sp³-hybridized carbons (Fsp3) is 0.875. The number of halogens is 3. The Morgan fingerprint density at radius 1 is 1.54 bits per heavy atom. The minimum absolute atomic E-state index is 0.297. The Morgan fingerprint density at radius 3 is 2.31 bits per heavy atom. The van der Waals surface area contributed by atoms with Crippen molar-refractivity contribution in [3.63, 3.8) is 0 Å². The molecular formula is C8H9F2IO2. The summed E-state index contributed by atoms with van der Waals surface area (Å²) in [6, 6.07) is 0. The lowest BCUT2D eigenvalue weighted by atomic mass is 10.1. The van der Waals surface area contributed by atoms with Gasteiger partial charge in [0.05, 0.1) is 5.92 Å². The SMILES string of the molecule is CC1(C)[C@@H]2C(=O)OC(C(F)(F)I)[C@@H]21. The van der Waals surface area contributed by atoms with Gasteiger partial charge in [-0.25, -0.2) is 0 Å². The van der Waals surface area contributed by atoms with Crippen molar-refractivity contribution in [3.05, 3.63) is 0 Å². The van der Waals surface area contributed by atoms with Crippen LogP contribution in [0.3, 0.4) is 0 Å². The van der Waals surface area contributed by atoms with Gasteiger partial charge in [0.1, 0.15) is 0 Å². The number of rotatable bonds is 1. The molecule has 13 heavy (non-hydrogen) atoms. The quantitative estimate of drug-likeness (QED) is 0.422. The summed E-state index contributed by atoms with van der Waals surface area (Å²) in [5.74, 6) is -1.07. The molecule has 74 valence electrons. The Bertz CT molecular complexity index is 272. The number of hydrogen-bond acceptors (Lipinski definition) is 2. The maximum atomic E-state index is 12.9. The maximum Gasteiger partial charge on any atom is 0.332 e. The van der Waals surface area contributed by atoms with E-state index in [4.69, 9.17) is 0 Å². The van der Waals surface area contributed by atoms with E-state index >= 15 is 0 Å². The summed E-state index contributed by atoms with van der Waals surface area (Å²) in [7, 11) is 0. The van der Waals surface area contributed by atoms with Crippen molar-refractivity contribution in [2.24, 2.45) is 17.3 Å². The van der Waals surface area contributed by atoms with Crippen LogP contribution < -0.4 is 0 Å². The van der Waals surface area contributed by atoms with Crippen LogP contribution >= 0.6 is 22.6 Å². The fourth-order valence-corrected chi connectivity index (χ4v) is 2.75. The summed E-state index contributed by atoms with van der Waals surface area (Å²) in [5, 5.41) is 0. The monoisotopic (exact) mass is 302 g/mol. The minimum Gasteiger partial charge on any atom is -0.454 e. The van der Waals surface area contributed by atoms with Crippen LogP contribution in [-0.4, -0.2) is 16.0 Å². The van der Waals surface area contributed by atoms with Gasteiger partial charge >= 0.3 is 9.90 Å². The van der Waals surface area contributed by atoms with Gasteiger partial charge in [-0.15, -0.1) is 0 Å². The van der Waals surface area contributed by atoms with E-state index in [9.17, 15) is 13.6 Å². The predicted octanol–water partition coefficient (Wildman–Crippen LogP) is 2.21. The average Bonchev–Trinajstić information content (AvgIpc) is 2.35. The minimum atomic E-state index is -2.94. The van der Waals surface area contributed by atoms with Crippen LogP contribution in [-0.2, 0) is 9.53 Å². The van der Waals surface area contributed by atoms with Crippen molar-refractivity contribution in [3.8, 4) is 0 Å². The first-order valence-corrected chi connectivity index (χ1v) is 5.11. The highest BCUT2D eigenvalue weighted by Gasteiger charge is 2.75. The number of cyclic esters (lactones) is 1. The predicted molar refractivity (Wildman–Crippen MR) is 49.6 cm³/mol. The smallest absolute Gasteiger partial charge is 0.332 e. The summed E-state index contributed by atoms with van der Waals surface area (Å²) in [6.07, 6.45) is -1.22. The van der Waals surface area contributed by atoms with Crippen molar-refractivity contribution >= 4 is 28.6 Å².